The first-order chi connectivity index (χ1) is 10.8. The second-order valence-electron chi connectivity index (χ2n) is 5.20. The summed E-state index contributed by atoms with van der Waals surface area (Å²) in [6, 6.07) is 15.8. The summed E-state index contributed by atoms with van der Waals surface area (Å²) >= 11 is 0. The number of rotatable bonds is 6. The van der Waals surface area contributed by atoms with Crippen molar-refractivity contribution in [2.75, 3.05) is 6.61 Å². The van der Waals surface area contributed by atoms with Crippen LogP contribution in [0.5, 0.6) is 5.75 Å². The molecule has 0 aliphatic carbocycles. The summed E-state index contributed by atoms with van der Waals surface area (Å²) in [5.41, 5.74) is 2.97. The Morgan fingerprint density at radius 3 is 2.73 bits per heavy atom. The van der Waals surface area contributed by atoms with Crippen LogP contribution in [0.25, 0.3) is 11.0 Å². The van der Waals surface area contributed by atoms with Gasteiger partial charge in [-0.05, 0) is 37.1 Å². The average Bonchev–Trinajstić information content (AvgIpc) is 2.91. The van der Waals surface area contributed by atoms with Crippen molar-refractivity contribution in [3.05, 3.63) is 59.9 Å². The first-order valence-corrected chi connectivity index (χ1v) is 7.38. The van der Waals surface area contributed by atoms with E-state index in [0.29, 0.717) is 19.0 Å². The van der Waals surface area contributed by atoms with Crippen molar-refractivity contribution in [1.82, 2.24) is 9.55 Å². The number of carbonyl (C=O) groups is 1. The molecule has 3 rings (SSSR count). The van der Waals surface area contributed by atoms with Crippen molar-refractivity contribution in [2.24, 2.45) is 0 Å². The summed E-state index contributed by atoms with van der Waals surface area (Å²) < 4.78 is 7.75. The van der Waals surface area contributed by atoms with Gasteiger partial charge >= 0.3 is 0 Å². The van der Waals surface area contributed by atoms with Gasteiger partial charge < -0.3 is 9.30 Å². The maximum atomic E-state index is 11.2. The van der Waals surface area contributed by atoms with E-state index >= 15 is 0 Å². The number of hydrogen-bond donors (Lipinski definition) is 0. The third-order valence-corrected chi connectivity index (χ3v) is 3.67. The van der Waals surface area contributed by atoms with Crippen molar-refractivity contribution in [3.63, 3.8) is 0 Å². The smallest absolute Gasteiger partial charge is 0.185 e. The van der Waals surface area contributed by atoms with Gasteiger partial charge in [0.2, 0.25) is 0 Å². The summed E-state index contributed by atoms with van der Waals surface area (Å²) in [6.45, 7) is 3.35. The molecule has 0 radical (unpaired) electrons. The van der Waals surface area contributed by atoms with Crippen molar-refractivity contribution in [2.45, 2.75) is 19.9 Å². The predicted octanol–water partition coefficient (Wildman–Crippen LogP) is 3.63. The molecule has 4 nitrogen and oxygen atoms in total. The summed E-state index contributed by atoms with van der Waals surface area (Å²) in [7, 11) is 0. The van der Waals surface area contributed by atoms with Crippen molar-refractivity contribution in [3.8, 4) is 5.75 Å². The van der Waals surface area contributed by atoms with Gasteiger partial charge in [0.25, 0.3) is 0 Å². The number of ether oxygens (including phenoxy) is 1. The topological polar surface area (TPSA) is 44.1 Å². The van der Waals surface area contributed by atoms with E-state index < -0.39 is 0 Å². The van der Waals surface area contributed by atoms with Gasteiger partial charge in [-0.15, -0.1) is 0 Å². The van der Waals surface area contributed by atoms with Crippen LogP contribution in [0.2, 0.25) is 0 Å². The van der Waals surface area contributed by atoms with Crippen molar-refractivity contribution in [1.29, 1.82) is 0 Å². The summed E-state index contributed by atoms with van der Waals surface area (Å²) in [6.07, 6.45) is 1.62. The highest BCUT2D eigenvalue weighted by Gasteiger charge is 2.09. The second-order valence-corrected chi connectivity index (χ2v) is 5.20. The quantitative estimate of drug-likeness (QED) is 0.515. The molecular weight excluding hydrogens is 276 g/mol. The largest absolute Gasteiger partial charge is 0.493 e. The van der Waals surface area contributed by atoms with Crippen LogP contribution in [-0.2, 0) is 6.54 Å². The third kappa shape index (κ3) is 2.86. The van der Waals surface area contributed by atoms with Crippen LogP contribution in [0.4, 0.5) is 0 Å². The molecule has 0 saturated carbocycles. The van der Waals surface area contributed by atoms with Crippen LogP contribution < -0.4 is 4.74 Å². The molecule has 112 valence electrons. The second kappa shape index (κ2) is 6.43. The monoisotopic (exact) mass is 294 g/mol. The number of para-hydroxylation sites is 3. The minimum Gasteiger partial charge on any atom is -0.493 e. The Hall–Kier alpha value is -2.62. The van der Waals surface area contributed by atoms with Gasteiger partial charge in [0.05, 0.1) is 17.6 Å². The molecule has 0 amide bonds. The van der Waals surface area contributed by atoms with Gasteiger partial charge in [-0.1, -0.05) is 30.3 Å². The average molecular weight is 294 g/mol. The van der Waals surface area contributed by atoms with Crippen LogP contribution in [0.15, 0.2) is 48.5 Å². The first kappa shape index (κ1) is 14.3. The Morgan fingerprint density at radius 1 is 1.14 bits per heavy atom. The van der Waals surface area contributed by atoms with Gasteiger partial charge in [-0.2, -0.15) is 0 Å². The Kier molecular flexibility index (Phi) is 4.19. The number of aryl methyl sites for hydroxylation is 2. The van der Waals surface area contributed by atoms with Crippen LogP contribution in [0.1, 0.15) is 22.6 Å². The maximum Gasteiger partial charge on any atom is 0.185 e. The lowest BCUT2D eigenvalue weighted by Crippen LogP contribution is -2.07. The molecule has 4 heteroatoms. The predicted molar refractivity (Wildman–Crippen MR) is 86.4 cm³/mol. The third-order valence-electron chi connectivity index (χ3n) is 3.67. The Bertz CT molecular complexity index is 793. The van der Waals surface area contributed by atoms with E-state index in [9.17, 15) is 4.79 Å². The fourth-order valence-electron chi connectivity index (χ4n) is 2.54. The zero-order chi connectivity index (χ0) is 15.4. The van der Waals surface area contributed by atoms with E-state index in [1.807, 2.05) is 60.0 Å². The molecule has 0 atom stereocenters. The van der Waals surface area contributed by atoms with Gasteiger partial charge in [-0.25, -0.2) is 4.98 Å². The Labute approximate surface area is 129 Å². The molecule has 0 spiro atoms. The molecule has 0 aliphatic rings. The first-order valence-electron chi connectivity index (χ1n) is 7.38. The normalized spacial score (nSPS) is 10.8. The SMILES string of the molecule is Cc1ccccc1OCCCn1c(C=O)nc2ccccc21. The van der Waals surface area contributed by atoms with E-state index in [1.165, 1.54) is 0 Å². The highest BCUT2D eigenvalue weighted by Crippen LogP contribution is 2.18. The zero-order valence-electron chi connectivity index (χ0n) is 12.5. The molecule has 1 heterocycles. The maximum absolute atomic E-state index is 11.2. The lowest BCUT2D eigenvalue weighted by molar-refractivity contribution is 0.111. The van der Waals surface area contributed by atoms with E-state index in [0.717, 1.165) is 35.1 Å². The number of imidazole rings is 1. The van der Waals surface area contributed by atoms with E-state index in [-0.39, 0.29) is 0 Å². The molecule has 0 N–H and O–H groups in total. The minimum absolute atomic E-state index is 0.470. The number of hydrogen-bond acceptors (Lipinski definition) is 3. The van der Waals surface area contributed by atoms with E-state index in [2.05, 4.69) is 4.98 Å². The fourth-order valence-corrected chi connectivity index (χ4v) is 2.54. The molecule has 3 aromatic rings. The summed E-state index contributed by atoms with van der Waals surface area (Å²) in [5, 5.41) is 0. The molecule has 0 bridgehead atoms. The summed E-state index contributed by atoms with van der Waals surface area (Å²) in [5.74, 6) is 1.38. The molecule has 2 aromatic carbocycles. The number of carbonyl (C=O) groups excluding carboxylic acids is 1. The van der Waals surface area contributed by atoms with Crippen LogP contribution in [0.3, 0.4) is 0 Å². The molecule has 0 fully saturated rings. The molecular formula is C18H18N2O2. The molecule has 0 saturated heterocycles. The van der Waals surface area contributed by atoms with E-state index in [4.69, 9.17) is 4.74 Å². The van der Waals surface area contributed by atoms with Crippen molar-refractivity contribution < 1.29 is 9.53 Å². The molecule has 1 aromatic heterocycles. The lowest BCUT2D eigenvalue weighted by atomic mass is 10.2. The zero-order valence-corrected chi connectivity index (χ0v) is 12.5. The number of benzene rings is 2. The fraction of sp³-hybridized carbons (Fsp3) is 0.222. The Morgan fingerprint density at radius 2 is 1.91 bits per heavy atom. The van der Waals surface area contributed by atoms with Crippen LogP contribution in [-0.4, -0.2) is 22.4 Å². The van der Waals surface area contributed by atoms with Gasteiger partial charge in [-0.3, -0.25) is 4.79 Å². The molecule has 22 heavy (non-hydrogen) atoms. The number of aromatic nitrogens is 2. The molecule has 0 unspecified atom stereocenters. The lowest BCUT2D eigenvalue weighted by Gasteiger charge is -2.10. The minimum atomic E-state index is 0.470. The molecule has 0 aliphatic heterocycles. The number of fused-ring (bicyclic) bond motifs is 1. The van der Waals surface area contributed by atoms with Crippen LogP contribution in [0, 0.1) is 6.92 Å². The standard InChI is InChI=1S/C18H18N2O2/c1-14-7-2-5-10-17(14)22-12-6-11-20-16-9-4-3-8-15(16)19-18(20)13-21/h2-5,7-10,13H,6,11-12H2,1H3. The van der Waals surface area contributed by atoms with Crippen molar-refractivity contribution >= 4 is 17.3 Å². The number of nitrogens with zero attached hydrogens (tertiary/aromatic N) is 2. The van der Waals surface area contributed by atoms with E-state index in [1.54, 1.807) is 0 Å². The highest BCUT2D eigenvalue weighted by molar-refractivity contribution is 5.82. The van der Waals surface area contributed by atoms with Gasteiger partial charge in [0, 0.05) is 6.54 Å². The Balaban J connectivity index is 1.67. The van der Waals surface area contributed by atoms with Crippen LogP contribution >= 0.6 is 0 Å². The van der Waals surface area contributed by atoms with Gasteiger partial charge in [0.1, 0.15) is 5.75 Å². The number of aldehydes is 1. The van der Waals surface area contributed by atoms with Gasteiger partial charge in [0.15, 0.2) is 12.1 Å². The highest BCUT2D eigenvalue weighted by atomic mass is 16.5. The summed E-state index contributed by atoms with van der Waals surface area (Å²) in [4.78, 5) is 15.5.